The van der Waals surface area contributed by atoms with Crippen molar-refractivity contribution in [3.8, 4) is 0 Å². The number of aliphatic hydroxyl groups is 1. The van der Waals surface area contributed by atoms with Gasteiger partial charge in [0.2, 0.25) is 0 Å². The molecule has 0 amide bonds. The second-order valence-corrected chi connectivity index (χ2v) is 7.56. The molecule has 0 spiro atoms. The van der Waals surface area contributed by atoms with E-state index in [0.29, 0.717) is 27.6 Å². The van der Waals surface area contributed by atoms with E-state index >= 15 is 0 Å². The lowest BCUT2D eigenvalue weighted by molar-refractivity contribution is -0.0235. The zero-order chi connectivity index (χ0) is 15.0. The Hall–Kier alpha value is -0.280. The van der Waals surface area contributed by atoms with E-state index in [1.807, 2.05) is 12.1 Å². The van der Waals surface area contributed by atoms with Crippen LogP contribution >= 0.6 is 23.2 Å². The highest BCUT2D eigenvalue weighted by molar-refractivity contribution is 6.42. The van der Waals surface area contributed by atoms with Crippen molar-refractivity contribution in [2.75, 3.05) is 6.54 Å². The standard InChI is InChI=1S/C16H23Cl2NO/c1-15(2)6-8-16(10-19,9-7-15)14(20)11-4-3-5-12(17)13(11)18/h3-5,14,20H,6-10,19H2,1-2H3. The third kappa shape index (κ3) is 2.99. The van der Waals surface area contributed by atoms with Crippen molar-refractivity contribution < 1.29 is 5.11 Å². The molecule has 1 atom stereocenters. The summed E-state index contributed by atoms with van der Waals surface area (Å²) in [5.74, 6) is 0. The van der Waals surface area contributed by atoms with Crippen LogP contribution in [0.1, 0.15) is 51.2 Å². The van der Waals surface area contributed by atoms with Gasteiger partial charge in [-0.15, -0.1) is 0 Å². The maximum absolute atomic E-state index is 10.8. The van der Waals surface area contributed by atoms with Crippen molar-refractivity contribution in [3.63, 3.8) is 0 Å². The second-order valence-electron chi connectivity index (χ2n) is 6.78. The van der Waals surface area contributed by atoms with Crippen molar-refractivity contribution in [3.05, 3.63) is 33.8 Å². The zero-order valence-corrected chi connectivity index (χ0v) is 13.6. The monoisotopic (exact) mass is 315 g/mol. The van der Waals surface area contributed by atoms with Gasteiger partial charge in [0.25, 0.3) is 0 Å². The molecule has 0 aliphatic heterocycles. The molecule has 0 saturated heterocycles. The van der Waals surface area contributed by atoms with Crippen LogP contribution < -0.4 is 5.73 Å². The SMILES string of the molecule is CC1(C)CCC(CN)(C(O)c2cccc(Cl)c2Cl)CC1. The van der Waals surface area contributed by atoms with E-state index in [1.54, 1.807) is 6.07 Å². The molecule has 0 radical (unpaired) electrons. The average Bonchev–Trinajstić information content (AvgIpc) is 2.42. The summed E-state index contributed by atoms with van der Waals surface area (Å²) in [7, 11) is 0. The zero-order valence-electron chi connectivity index (χ0n) is 12.1. The Bertz CT molecular complexity index is 477. The first-order chi connectivity index (χ1) is 9.31. The molecular weight excluding hydrogens is 293 g/mol. The smallest absolute Gasteiger partial charge is 0.0873 e. The molecule has 1 aromatic carbocycles. The van der Waals surface area contributed by atoms with Crippen LogP contribution in [0.2, 0.25) is 10.0 Å². The molecule has 2 nitrogen and oxygen atoms in total. The van der Waals surface area contributed by atoms with Crippen LogP contribution in [0.15, 0.2) is 18.2 Å². The minimum Gasteiger partial charge on any atom is -0.388 e. The summed E-state index contributed by atoms with van der Waals surface area (Å²) < 4.78 is 0. The molecule has 112 valence electrons. The van der Waals surface area contributed by atoms with Gasteiger partial charge >= 0.3 is 0 Å². The van der Waals surface area contributed by atoms with Gasteiger partial charge in [-0.1, -0.05) is 49.2 Å². The van der Waals surface area contributed by atoms with Crippen molar-refractivity contribution in [1.29, 1.82) is 0 Å². The number of halogens is 2. The van der Waals surface area contributed by atoms with Gasteiger partial charge in [0, 0.05) is 17.5 Å². The maximum Gasteiger partial charge on any atom is 0.0873 e. The summed E-state index contributed by atoms with van der Waals surface area (Å²) in [6, 6.07) is 5.40. The fourth-order valence-electron chi connectivity index (χ4n) is 3.08. The molecule has 4 heteroatoms. The molecule has 1 aliphatic carbocycles. The molecule has 1 unspecified atom stereocenters. The summed E-state index contributed by atoms with van der Waals surface area (Å²) in [5.41, 5.74) is 6.76. The van der Waals surface area contributed by atoms with Crippen molar-refractivity contribution in [1.82, 2.24) is 0 Å². The Morgan fingerprint density at radius 2 is 1.80 bits per heavy atom. The predicted molar refractivity (Wildman–Crippen MR) is 85.2 cm³/mol. The van der Waals surface area contributed by atoms with Gasteiger partial charge in [-0.2, -0.15) is 0 Å². The second kappa shape index (κ2) is 5.84. The van der Waals surface area contributed by atoms with Gasteiger partial charge in [0.05, 0.1) is 16.1 Å². The minimum atomic E-state index is -0.658. The van der Waals surface area contributed by atoms with E-state index in [2.05, 4.69) is 13.8 Å². The lowest BCUT2D eigenvalue weighted by Crippen LogP contribution is -2.42. The van der Waals surface area contributed by atoms with E-state index < -0.39 is 6.10 Å². The molecule has 0 bridgehead atoms. The Kier molecular flexibility index (Phi) is 4.70. The van der Waals surface area contributed by atoms with E-state index in [1.165, 1.54) is 0 Å². The van der Waals surface area contributed by atoms with E-state index in [-0.39, 0.29) is 5.41 Å². The highest BCUT2D eigenvalue weighted by atomic mass is 35.5. The Morgan fingerprint density at radius 1 is 1.20 bits per heavy atom. The molecule has 1 fully saturated rings. The number of rotatable bonds is 3. The first kappa shape index (κ1) is 16.1. The first-order valence-corrected chi connectivity index (χ1v) is 7.89. The lowest BCUT2D eigenvalue weighted by Gasteiger charge is -2.46. The van der Waals surface area contributed by atoms with Gasteiger partial charge in [-0.05, 0) is 37.2 Å². The third-order valence-corrected chi connectivity index (χ3v) is 5.70. The highest BCUT2D eigenvalue weighted by Gasteiger charge is 2.43. The van der Waals surface area contributed by atoms with Gasteiger partial charge in [-0.3, -0.25) is 0 Å². The Labute approximate surface area is 131 Å². The van der Waals surface area contributed by atoms with E-state index in [0.717, 1.165) is 25.7 Å². The van der Waals surface area contributed by atoms with Crippen LogP contribution in [0.25, 0.3) is 0 Å². The minimum absolute atomic E-state index is 0.288. The maximum atomic E-state index is 10.8. The molecule has 20 heavy (non-hydrogen) atoms. The number of hydrogen-bond acceptors (Lipinski definition) is 2. The van der Waals surface area contributed by atoms with Crippen LogP contribution in [0.5, 0.6) is 0 Å². The van der Waals surface area contributed by atoms with Crippen LogP contribution in [0.3, 0.4) is 0 Å². The van der Waals surface area contributed by atoms with Crippen LogP contribution in [-0.4, -0.2) is 11.7 Å². The fourth-order valence-corrected chi connectivity index (χ4v) is 3.49. The van der Waals surface area contributed by atoms with Gasteiger partial charge < -0.3 is 10.8 Å². The molecule has 0 aromatic heterocycles. The van der Waals surface area contributed by atoms with Gasteiger partial charge in [0.1, 0.15) is 0 Å². The van der Waals surface area contributed by atoms with E-state index in [4.69, 9.17) is 28.9 Å². The van der Waals surface area contributed by atoms with Gasteiger partial charge in [-0.25, -0.2) is 0 Å². The molecule has 3 N–H and O–H groups in total. The van der Waals surface area contributed by atoms with Gasteiger partial charge in [0.15, 0.2) is 0 Å². The molecule has 1 aromatic rings. The fraction of sp³-hybridized carbons (Fsp3) is 0.625. The molecule has 0 heterocycles. The summed E-state index contributed by atoms with van der Waals surface area (Å²) in [5, 5.41) is 11.8. The Balaban J connectivity index is 2.30. The topological polar surface area (TPSA) is 46.2 Å². The van der Waals surface area contributed by atoms with Crippen molar-refractivity contribution in [2.45, 2.75) is 45.6 Å². The number of hydrogen-bond donors (Lipinski definition) is 2. The highest BCUT2D eigenvalue weighted by Crippen LogP contribution is 2.51. The van der Waals surface area contributed by atoms with Crippen LogP contribution in [0.4, 0.5) is 0 Å². The normalized spacial score (nSPS) is 22.5. The lowest BCUT2D eigenvalue weighted by atomic mass is 9.62. The molecule has 1 aliphatic rings. The Morgan fingerprint density at radius 3 is 2.35 bits per heavy atom. The van der Waals surface area contributed by atoms with Crippen molar-refractivity contribution in [2.24, 2.45) is 16.6 Å². The van der Waals surface area contributed by atoms with Crippen molar-refractivity contribution >= 4 is 23.2 Å². The average molecular weight is 316 g/mol. The summed E-state index contributed by atoms with van der Waals surface area (Å²) in [4.78, 5) is 0. The summed E-state index contributed by atoms with van der Waals surface area (Å²) in [6.45, 7) is 5.01. The largest absolute Gasteiger partial charge is 0.388 e. The number of aliphatic hydroxyl groups excluding tert-OH is 1. The predicted octanol–water partition coefficient (Wildman–Crippen LogP) is 4.57. The quantitative estimate of drug-likeness (QED) is 0.858. The third-order valence-electron chi connectivity index (χ3n) is 4.86. The van der Waals surface area contributed by atoms with Crippen LogP contribution in [0, 0.1) is 10.8 Å². The summed E-state index contributed by atoms with van der Waals surface area (Å²) >= 11 is 12.3. The van der Waals surface area contributed by atoms with Crippen LogP contribution in [-0.2, 0) is 0 Å². The molecule has 1 saturated carbocycles. The first-order valence-electron chi connectivity index (χ1n) is 7.13. The number of benzene rings is 1. The molecule has 2 rings (SSSR count). The summed E-state index contributed by atoms with van der Waals surface area (Å²) in [6.07, 6.45) is 3.31. The molecular formula is C16H23Cl2NO. The number of nitrogens with two attached hydrogens (primary N) is 1. The van der Waals surface area contributed by atoms with E-state index in [9.17, 15) is 5.11 Å².